The van der Waals surface area contributed by atoms with Gasteiger partial charge in [-0.1, -0.05) is 30.3 Å². The molecular formula is C27H27NO5S. The van der Waals surface area contributed by atoms with Crippen LogP contribution in [0.15, 0.2) is 66.7 Å². The molecule has 2 N–H and O–H groups in total. The first-order valence-corrected chi connectivity index (χ1v) is 12.2. The molecule has 0 bridgehead atoms. The number of hydrogen-bond acceptors (Lipinski definition) is 5. The number of hydrogen-bond donors (Lipinski definition) is 2. The molecule has 34 heavy (non-hydrogen) atoms. The van der Waals surface area contributed by atoms with E-state index >= 15 is 0 Å². The minimum Gasteiger partial charge on any atom is -0.493 e. The standard InChI is InChI=1S/C27H27NO5S/c1-18-13-24(32-12-4-11-29)14-19(2)27(18)22-6-3-5-20(15-22)17-33-23-9-7-21(8-10-23)25-16-26(30)28-34(25)31/h3,5-10,13-16,29H,4,11-12,17H2,1-2H3,(H,28,30). The van der Waals surface area contributed by atoms with Crippen LogP contribution >= 0.6 is 0 Å². The number of carbonyl (C=O) groups is 1. The smallest absolute Gasteiger partial charge is 0.257 e. The number of carbonyl (C=O) groups excluding carboxylic acids is 1. The van der Waals surface area contributed by atoms with Gasteiger partial charge in [-0.25, -0.2) is 4.21 Å². The Morgan fingerprint density at radius 3 is 2.29 bits per heavy atom. The Morgan fingerprint density at radius 1 is 0.912 bits per heavy atom. The molecule has 6 nitrogen and oxygen atoms in total. The lowest BCUT2D eigenvalue weighted by molar-refractivity contribution is -0.114. The zero-order valence-corrected chi connectivity index (χ0v) is 20.0. The van der Waals surface area contributed by atoms with E-state index in [0.717, 1.165) is 33.6 Å². The summed E-state index contributed by atoms with van der Waals surface area (Å²) in [5, 5.41) is 8.95. The molecule has 0 spiro atoms. The van der Waals surface area contributed by atoms with E-state index in [4.69, 9.17) is 14.6 Å². The quantitative estimate of drug-likeness (QED) is 0.445. The zero-order chi connectivity index (χ0) is 24.1. The Balaban J connectivity index is 1.45. The van der Waals surface area contributed by atoms with Crippen LogP contribution in [-0.4, -0.2) is 28.4 Å². The predicted molar refractivity (Wildman–Crippen MR) is 134 cm³/mol. The third-order valence-electron chi connectivity index (χ3n) is 5.49. The summed E-state index contributed by atoms with van der Waals surface area (Å²) in [6.07, 6.45) is 1.97. The first-order chi connectivity index (χ1) is 16.4. The number of aliphatic hydroxyl groups excluding tert-OH is 1. The van der Waals surface area contributed by atoms with Crippen LogP contribution in [0.1, 0.15) is 28.7 Å². The fraction of sp³-hybridized carbons (Fsp3) is 0.222. The molecule has 1 aliphatic rings. The molecule has 1 aliphatic heterocycles. The minimum absolute atomic E-state index is 0.118. The highest BCUT2D eigenvalue weighted by Gasteiger charge is 2.20. The number of benzene rings is 3. The lowest BCUT2D eigenvalue weighted by atomic mass is 9.94. The average molecular weight is 478 g/mol. The van der Waals surface area contributed by atoms with Gasteiger partial charge >= 0.3 is 0 Å². The molecule has 1 atom stereocenters. The van der Waals surface area contributed by atoms with Gasteiger partial charge < -0.3 is 14.6 Å². The van der Waals surface area contributed by atoms with E-state index in [1.165, 1.54) is 11.6 Å². The van der Waals surface area contributed by atoms with E-state index in [2.05, 4.69) is 30.7 Å². The van der Waals surface area contributed by atoms with Gasteiger partial charge in [0.05, 0.1) is 11.5 Å². The summed E-state index contributed by atoms with van der Waals surface area (Å²) in [6, 6.07) is 19.5. The molecule has 0 fully saturated rings. The molecule has 3 aromatic rings. The molecule has 176 valence electrons. The summed E-state index contributed by atoms with van der Waals surface area (Å²) in [7, 11) is -1.51. The van der Waals surface area contributed by atoms with Gasteiger partial charge in [-0.2, -0.15) is 0 Å². The summed E-state index contributed by atoms with van der Waals surface area (Å²) in [6.45, 7) is 5.16. The molecule has 0 aromatic heterocycles. The second-order valence-corrected chi connectivity index (χ2v) is 9.30. The number of rotatable bonds is 9. The van der Waals surface area contributed by atoms with Crippen molar-refractivity contribution in [2.75, 3.05) is 13.2 Å². The molecule has 0 aliphatic carbocycles. The van der Waals surface area contributed by atoms with Crippen LogP contribution in [0.5, 0.6) is 11.5 Å². The van der Waals surface area contributed by atoms with E-state index in [1.807, 2.05) is 36.4 Å². The van der Waals surface area contributed by atoms with Crippen molar-refractivity contribution in [2.24, 2.45) is 0 Å². The molecule has 1 unspecified atom stereocenters. The summed E-state index contributed by atoms with van der Waals surface area (Å²) >= 11 is 0. The SMILES string of the molecule is Cc1cc(OCCCO)cc(C)c1-c1cccc(COc2ccc(C3=CC(=O)NS3=O)cc2)c1. The highest BCUT2D eigenvalue weighted by atomic mass is 32.2. The molecule has 1 heterocycles. The topological polar surface area (TPSA) is 84.9 Å². The van der Waals surface area contributed by atoms with E-state index in [1.54, 1.807) is 12.1 Å². The van der Waals surface area contributed by atoms with Gasteiger partial charge in [0.25, 0.3) is 5.91 Å². The Hall–Kier alpha value is -3.42. The normalized spacial score (nSPS) is 15.1. The lowest BCUT2D eigenvalue weighted by Crippen LogP contribution is -2.16. The molecule has 4 rings (SSSR count). The maximum absolute atomic E-state index is 11.9. The van der Waals surface area contributed by atoms with Gasteiger partial charge in [-0.3, -0.25) is 9.52 Å². The van der Waals surface area contributed by atoms with Crippen LogP contribution in [0.2, 0.25) is 0 Å². The van der Waals surface area contributed by atoms with Crippen LogP contribution < -0.4 is 14.2 Å². The van der Waals surface area contributed by atoms with Crippen molar-refractivity contribution in [3.05, 3.63) is 89.0 Å². The number of aryl methyl sites for hydroxylation is 2. The fourth-order valence-corrected chi connectivity index (χ4v) is 4.87. The van der Waals surface area contributed by atoms with Gasteiger partial charge in [-0.05, 0) is 77.6 Å². The van der Waals surface area contributed by atoms with Gasteiger partial charge in [0.1, 0.15) is 18.1 Å². The Kier molecular flexibility index (Phi) is 7.45. The maximum atomic E-state index is 11.9. The van der Waals surface area contributed by atoms with E-state index < -0.39 is 11.0 Å². The van der Waals surface area contributed by atoms with E-state index in [0.29, 0.717) is 30.3 Å². The van der Waals surface area contributed by atoms with Crippen LogP contribution in [0, 0.1) is 13.8 Å². The summed E-state index contributed by atoms with van der Waals surface area (Å²) in [5.41, 5.74) is 6.29. The number of amides is 1. The second kappa shape index (κ2) is 10.7. The third-order valence-corrected chi connectivity index (χ3v) is 6.63. The van der Waals surface area contributed by atoms with Crippen LogP contribution in [-0.2, 0) is 22.4 Å². The highest BCUT2D eigenvalue weighted by Crippen LogP contribution is 2.32. The van der Waals surface area contributed by atoms with Gasteiger partial charge in [0.15, 0.2) is 11.0 Å². The molecule has 0 radical (unpaired) electrons. The van der Waals surface area contributed by atoms with Gasteiger partial charge in [0.2, 0.25) is 0 Å². The number of nitrogens with one attached hydrogen (secondary N) is 1. The first-order valence-electron chi connectivity index (χ1n) is 11.1. The minimum atomic E-state index is -1.51. The second-order valence-electron chi connectivity index (χ2n) is 8.11. The Labute approximate surface area is 201 Å². The average Bonchev–Trinajstić information content (AvgIpc) is 3.16. The molecule has 0 saturated heterocycles. The lowest BCUT2D eigenvalue weighted by Gasteiger charge is -2.15. The van der Waals surface area contributed by atoms with Crippen molar-refractivity contribution < 1.29 is 23.6 Å². The number of ether oxygens (including phenoxy) is 2. The van der Waals surface area contributed by atoms with Crippen LogP contribution in [0.3, 0.4) is 0 Å². The molecule has 3 aromatic carbocycles. The van der Waals surface area contributed by atoms with Crippen LogP contribution in [0.25, 0.3) is 16.0 Å². The molecular weight excluding hydrogens is 450 g/mol. The molecule has 0 saturated carbocycles. The number of aliphatic hydroxyl groups is 1. The summed E-state index contributed by atoms with van der Waals surface area (Å²) in [4.78, 5) is 11.9. The van der Waals surface area contributed by atoms with Crippen molar-refractivity contribution >= 4 is 21.8 Å². The van der Waals surface area contributed by atoms with E-state index in [-0.39, 0.29) is 12.5 Å². The van der Waals surface area contributed by atoms with Crippen molar-refractivity contribution in [3.63, 3.8) is 0 Å². The van der Waals surface area contributed by atoms with Gasteiger partial charge in [-0.15, -0.1) is 0 Å². The highest BCUT2D eigenvalue weighted by molar-refractivity contribution is 7.93. The van der Waals surface area contributed by atoms with Crippen molar-refractivity contribution in [2.45, 2.75) is 26.9 Å². The van der Waals surface area contributed by atoms with Gasteiger partial charge in [0, 0.05) is 19.1 Å². The Bertz CT molecular complexity index is 1230. The zero-order valence-electron chi connectivity index (χ0n) is 19.2. The van der Waals surface area contributed by atoms with E-state index in [9.17, 15) is 9.00 Å². The maximum Gasteiger partial charge on any atom is 0.257 e. The predicted octanol–water partition coefficient (Wildman–Crippen LogP) is 4.45. The van der Waals surface area contributed by atoms with Crippen molar-refractivity contribution in [3.8, 4) is 22.6 Å². The fourth-order valence-electron chi connectivity index (χ4n) is 3.95. The summed E-state index contributed by atoms with van der Waals surface area (Å²) in [5.74, 6) is 1.16. The molecule has 1 amide bonds. The largest absolute Gasteiger partial charge is 0.493 e. The monoisotopic (exact) mass is 477 g/mol. The summed E-state index contributed by atoms with van der Waals surface area (Å²) < 4.78 is 26.0. The van der Waals surface area contributed by atoms with Crippen LogP contribution in [0.4, 0.5) is 0 Å². The molecule has 7 heteroatoms. The third kappa shape index (κ3) is 5.55. The first kappa shape index (κ1) is 23.7. The van der Waals surface area contributed by atoms with Crippen molar-refractivity contribution in [1.29, 1.82) is 0 Å². The van der Waals surface area contributed by atoms with Crippen molar-refractivity contribution in [1.82, 2.24) is 4.72 Å². The Morgan fingerprint density at radius 2 is 1.65 bits per heavy atom.